The van der Waals surface area contributed by atoms with Gasteiger partial charge in [0.25, 0.3) is 0 Å². The number of phenolic OH excluding ortho intramolecular Hbond substituents is 1. The molecule has 98 valence electrons. The highest BCUT2D eigenvalue weighted by Gasteiger charge is 2.35. The van der Waals surface area contributed by atoms with Crippen LogP contribution in [0.15, 0.2) is 24.3 Å². The maximum atomic E-state index is 12.6. The molecule has 1 N–H and O–H groups in total. The van der Waals surface area contributed by atoms with E-state index in [-0.39, 0.29) is 22.6 Å². The minimum absolute atomic E-state index is 0.0376. The third kappa shape index (κ3) is 2.38. The molecule has 0 aliphatic rings. The summed E-state index contributed by atoms with van der Waals surface area (Å²) in [5.74, 6) is -0.231. The lowest BCUT2D eigenvalue weighted by Gasteiger charge is -2.04. The maximum absolute atomic E-state index is 12.6. The summed E-state index contributed by atoms with van der Waals surface area (Å²) in [5, 5.41) is 22.1. The molecule has 1 aromatic carbocycles. The van der Waals surface area contributed by atoms with E-state index in [0.717, 1.165) is 13.1 Å². The molecular weight excluding hydrogens is 259 g/mol. The van der Waals surface area contributed by atoms with Crippen LogP contribution < -0.4 is 0 Å². The molecule has 19 heavy (non-hydrogen) atoms. The lowest BCUT2D eigenvalue weighted by atomic mass is 10.1. The van der Waals surface area contributed by atoms with Gasteiger partial charge in [0.2, 0.25) is 0 Å². The van der Waals surface area contributed by atoms with Crippen molar-refractivity contribution >= 4 is 0 Å². The average molecular weight is 267 g/mol. The Hall–Kier alpha value is -2.49. The van der Waals surface area contributed by atoms with Gasteiger partial charge in [0, 0.05) is 12.6 Å². The van der Waals surface area contributed by atoms with Crippen molar-refractivity contribution in [2.75, 3.05) is 0 Å². The van der Waals surface area contributed by atoms with E-state index >= 15 is 0 Å². The Morgan fingerprint density at radius 1 is 1.32 bits per heavy atom. The van der Waals surface area contributed by atoms with Crippen LogP contribution in [0.3, 0.4) is 0 Å². The van der Waals surface area contributed by atoms with E-state index in [1.165, 1.54) is 18.2 Å². The van der Waals surface area contributed by atoms with Crippen molar-refractivity contribution in [1.82, 2.24) is 9.78 Å². The second-order valence-electron chi connectivity index (χ2n) is 3.88. The summed E-state index contributed by atoms with van der Waals surface area (Å²) in [6, 6.07) is 6.58. The monoisotopic (exact) mass is 267 g/mol. The van der Waals surface area contributed by atoms with Crippen molar-refractivity contribution in [3.63, 3.8) is 0 Å². The third-order valence-electron chi connectivity index (χ3n) is 2.57. The second kappa shape index (κ2) is 4.31. The highest BCUT2D eigenvalue weighted by Crippen LogP contribution is 2.34. The van der Waals surface area contributed by atoms with Gasteiger partial charge >= 0.3 is 6.18 Å². The van der Waals surface area contributed by atoms with Crippen LogP contribution in [0.4, 0.5) is 13.2 Å². The molecule has 0 aliphatic carbocycles. The summed E-state index contributed by atoms with van der Waals surface area (Å²) in [4.78, 5) is 0. The molecule has 0 saturated heterocycles. The number of benzene rings is 1. The second-order valence-corrected chi connectivity index (χ2v) is 3.88. The van der Waals surface area contributed by atoms with Crippen LogP contribution in [-0.4, -0.2) is 14.9 Å². The fraction of sp³-hybridized carbons (Fsp3) is 0.167. The van der Waals surface area contributed by atoms with Gasteiger partial charge in [-0.1, -0.05) is 0 Å². The van der Waals surface area contributed by atoms with Crippen molar-refractivity contribution in [3.05, 3.63) is 35.5 Å². The highest BCUT2D eigenvalue weighted by molar-refractivity contribution is 5.69. The smallest absolute Gasteiger partial charge is 0.433 e. The van der Waals surface area contributed by atoms with Gasteiger partial charge in [0.15, 0.2) is 0 Å². The molecule has 2 aromatic rings. The van der Waals surface area contributed by atoms with Crippen molar-refractivity contribution in [2.24, 2.45) is 7.05 Å². The molecule has 0 fully saturated rings. The Labute approximate surface area is 106 Å². The molecule has 0 saturated carbocycles. The summed E-state index contributed by atoms with van der Waals surface area (Å²) in [7, 11) is 1.16. The fourth-order valence-electron chi connectivity index (χ4n) is 1.67. The lowest BCUT2D eigenvalue weighted by Crippen LogP contribution is -2.11. The van der Waals surface area contributed by atoms with Gasteiger partial charge in [-0.05, 0) is 24.3 Å². The van der Waals surface area contributed by atoms with Gasteiger partial charge in [0.1, 0.15) is 11.4 Å². The molecule has 0 bridgehead atoms. The van der Waals surface area contributed by atoms with E-state index in [2.05, 4.69) is 5.10 Å². The van der Waals surface area contributed by atoms with Crippen LogP contribution >= 0.6 is 0 Å². The SMILES string of the molecule is Cn1nc(-c2cc(C#N)ccc2O)cc1C(F)(F)F. The lowest BCUT2D eigenvalue weighted by molar-refractivity contribution is -0.143. The van der Waals surface area contributed by atoms with E-state index in [4.69, 9.17) is 5.26 Å². The van der Waals surface area contributed by atoms with Crippen LogP contribution in [0.2, 0.25) is 0 Å². The molecule has 0 spiro atoms. The first kappa shape index (κ1) is 13.0. The summed E-state index contributed by atoms with van der Waals surface area (Å²) in [6.45, 7) is 0. The number of hydrogen-bond donors (Lipinski definition) is 1. The number of aromatic hydroxyl groups is 1. The van der Waals surface area contributed by atoms with Gasteiger partial charge in [-0.2, -0.15) is 23.5 Å². The van der Waals surface area contributed by atoms with Gasteiger partial charge in [-0.15, -0.1) is 0 Å². The average Bonchev–Trinajstić information content (AvgIpc) is 2.71. The van der Waals surface area contributed by atoms with E-state index in [1.807, 2.05) is 6.07 Å². The molecule has 1 aromatic heterocycles. The first-order chi connectivity index (χ1) is 8.82. The molecular formula is C12H8F3N3O. The van der Waals surface area contributed by atoms with E-state index < -0.39 is 11.9 Å². The van der Waals surface area contributed by atoms with Gasteiger partial charge in [0.05, 0.1) is 17.3 Å². The number of hydrogen-bond acceptors (Lipinski definition) is 3. The zero-order valence-corrected chi connectivity index (χ0v) is 9.73. The Kier molecular flexibility index (Phi) is 2.94. The van der Waals surface area contributed by atoms with Crippen LogP contribution in [0.5, 0.6) is 5.75 Å². The quantitative estimate of drug-likeness (QED) is 0.864. The van der Waals surface area contributed by atoms with E-state index in [1.54, 1.807) is 0 Å². The number of aromatic nitrogens is 2. The zero-order chi connectivity index (χ0) is 14.2. The molecule has 0 unspecified atom stereocenters. The number of nitrogens with zero attached hydrogens (tertiary/aromatic N) is 3. The standard InChI is InChI=1S/C12H8F3N3O/c1-18-11(12(13,14)15)5-9(17-18)8-4-7(6-16)2-3-10(8)19/h2-5,19H,1H3. The minimum atomic E-state index is -4.53. The molecule has 0 amide bonds. The zero-order valence-electron chi connectivity index (χ0n) is 9.73. The Morgan fingerprint density at radius 3 is 2.53 bits per heavy atom. The minimum Gasteiger partial charge on any atom is -0.507 e. The van der Waals surface area contributed by atoms with Crippen molar-refractivity contribution in [2.45, 2.75) is 6.18 Å². The molecule has 0 radical (unpaired) electrons. The number of alkyl halides is 3. The van der Waals surface area contributed by atoms with Crippen molar-refractivity contribution in [3.8, 4) is 23.1 Å². The topological polar surface area (TPSA) is 61.8 Å². The third-order valence-corrected chi connectivity index (χ3v) is 2.57. The molecule has 0 atom stereocenters. The first-order valence-electron chi connectivity index (χ1n) is 5.17. The van der Waals surface area contributed by atoms with Gasteiger partial charge in [-0.25, -0.2) is 0 Å². The van der Waals surface area contributed by atoms with E-state index in [0.29, 0.717) is 4.68 Å². The highest BCUT2D eigenvalue weighted by atomic mass is 19.4. The normalized spacial score (nSPS) is 11.3. The number of aryl methyl sites for hydroxylation is 1. The van der Waals surface area contributed by atoms with Crippen LogP contribution in [0, 0.1) is 11.3 Å². The predicted octanol–water partition coefficient (Wildman–Crippen LogP) is 2.68. The van der Waals surface area contributed by atoms with Gasteiger partial charge in [-0.3, -0.25) is 4.68 Å². The number of phenols is 1. The van der Waals surface area contributed by atoms with Crippen LogP contribution in [-0.2, 0) is 13.2 Å². The van der Waals surface area contributed by atoms with Crippen molar-refractivity contribution in [1.29, 1.82) is 5.26 Å². The number of nitriles is 1. The largest absolute Gasteiger partial charge is 0.507 e. The van der Waals surface area contributed by atoms with E-state index in [9.17, 15) is 18.3 Å². The number of rotatable bonds is 1. The summed E-state index contributed by atoms with van der Waals surface area (Å²) in [5.41, 5.74) is -0.647. The Balaban J connectivity index is 2.58. The Bertz CT molecular complexity index is 668. The van der Waals surface area contributed by atoms with Crippen molar-refractivity contribution < 1.29 is 18.3 Å². The van der Waals surface area contributed by atoms with Gasteiger partial charge < -0.3 is 5.11 Å². The molecule has 0 aliphatic heterocycles. The van der Waals surface area contributed by atoms with Crippen LogP contribution in [0.25, 0.3) is 11.3 Å². The summed E-state index contributed by atoms with van der Waals surface area (Å²) >= 11 is 0. The molecule has 2 rings (SSSR count). The summed E-state index contributed by atoms with van der Waals surface area (Å²) < 4.78 is 38.6. The maximum Gasteiger partial charge on any atom is 0.433 e. The number of halogens is 3. The molecule has 1 heterocycles. The Morgan fingerprint density at radius 2 is 2.00 bits per heavy atom. The molecule has 4 nitrogen and oxygen atoms in total. The predicted molar refractivity (Wildman–Crippen MR) is 60.0 cm³/mol. The summed E-state index contributed by atoms with van der Waals surface area (Å²) in [6.07, 6.45) is -4.53. The van der Waals surface area contributed by atoms with Crippen LogP contribution in [0.1, 0.15) is 11.3 Å². The molecule has 7 heteroatoms. The fourth-order valence-corrected chi connectivity index (χ4v) is 1.67. The first-order valence-corrected chi connectivity index (χ1v) is 5.17.